The maximum absolute atomic E-state index is 12.3. The van der Waals surface area contributed by atoms with Gasteiger partial charge in [-0.15, -0.1) is 10.2 Å². The first kappa shape index (κ1) is 16.9. The Kier molecular flexibility index (Phi) is 4.71. The van der Waals surface area contributed by atoms with E-state index >= 15 is 0 Å². The zero-order valence-electron chi connectivity index (χ0n) is 14.5. The van der Waals surface area contributed by atoms with Crippen molar-refractivity contribution in [2.45, 2.75) is 86.7 Å². The number of urea groups is 1. The van der Waals surface area contributed by atoms with E-state index in [9.17, 15) is 9.59 Å². The summed E-state index contributed by atoms with van der Waals surface area (Å²) in [5, 5.41) is 14.5. The van der Waals surface area contributed by atoms with Crippen molar-refractivity contribution in [3.63, 3.8) is 0 Å². The van der Waals surface area contributed by atoms with Crippen molar-refractivity contribution < 1.29 is 9.59 Å². The normalized spacial score (nSPS) is 22.0. The van der Waals surface area contributed by atoms with E-state index in [0.29, 0.717) is 12.0 Å². The first-order valence-corrected chi connectivity index (χ1v) is 10.2. The molecule has 0 spiro atoms. The Morgan fingerprint density at radius 1 is 1.12 bits per heavy atom. The number of hydrogen-bond donors (Lipinski definition) is 2. The van der Waals surface area contributed by atoms with E-state index in [0.717, 1.165) is 49.5 Å². The van der Waals surface area contributed by atoms with Crippen LogP contribution in [0.4, 0.5) is 4.79 Å². The van der Waals surface area contributed by atoms with Gasteiger partial charge in [0.2, 0.25) is 5.91 Å². The monoisotopic (exact) mass is 363 g/mol. The smallest absolute Gasteiger partial charge is 0.321 e. The van der Waals surface area contributed by atoms with Gasteiger partial charge in [0.05, 0.1) is 5.25 Å². The molecular formula is C17H25N5O2S. The molecule has 0 aliphatic heterocycles. The average Bonchev–Trinajstić information content (AvgIpc) is 3.51. The summed E-state index contributed by atoms with van der Waals surface area (Å²) in [4.78, 5) is 24.3. The van der Waals surface area contributed by atoms with Crippen LogP contribution in [0.5, 0.6) is 0 Å². The van der Waals surface area contributed by atoms with Crippen LogP contribution in [0.3, 0.4) is 0 Å². The van der Waals surface area contributed by atoms with Crippen LogP contribution in [0.15, 0.2) is 5.16 Å². The van der Waals surface area contributed by atoms with E-state index in [4.69, 9.17) is 0 Å². The van der Waals surface area contributed by atoms with Crippen LogP contribution in [0.1, 0.15) is 76.1 Å². The van der Waals surface area contributed by atoms with E-state index in [1.807, 2.05) is 6.92 Å². The fourth-order valence-electron chi connectivity index (χ4n) is 3.38. The van der Waals surface area contributed by atoms with Crippen LogP contribution in [0, 0.1) is 0 Å². The molecule has 1 aromatic heterocycles. The molecule has 3 fully saturated rings. The minimum absolute atomic E-state index is 0.204. The highest BCUT2D eigenvalue weighted by Crippen LogP contribution is 2.46. The lowest BCUT2D eigenvalue weighted by atomic mass is 10.2. The quantitative estimate of drug-likeness (QED) is 0.759. The molecule has 3 saturated carbocycles. The number of carbonyl (C=O) groups excluding carboxylic acids is 2. The standard InChI is InChI=1S/C17H25N5O2S/c1-10(15(23)19-16(24)18-12-4-2-3-5-12)25-17-21-20-14(11-6-7-11)22(17)13-8-9-13/h10-13H,2-9H2,1H3,(H2,18,19,23,24)/t10-/m0/s1. The highest BCUT2D eigenvalue weighted by molar-refractivity contribution is 8.00. The van der Waals surface area contributed by atoms with Crippen molar-refractivity contribution >= 4 is 23.7 Å². The number of carbonyl (C=O) groups is 2. The number of thioether (sulfide) groups is 1. The van der Waals surface area contributed by atoms with Gasteiger partial charge in [0.25, 0.3) is 0 Å². The second-order valence-electron chi connectivity index (χ2n) is 7.42. The molecule has 3 aliphatic rings. The van der Waals surface area contributed by atoms with Gasteiger partial charge in [0, 0.05) is 18.0 Å². The fourth-order valence-corrected chi connectivity index (χ4v) is 4.31. The van der Waals surface area contributed by atoms with Gasteiger partial charge in [0.1, 0.15) is 5.82 Å². The Morgan fingerprint density at radius 2 is 1.84 bits per heavy atom. The molecule has 136 valence electrons. The molecule has 3 aliphatic carbocycles. The maximum atomic E-state index is 12.3. The number of imide groups is 1. The number of nitrogens with one attached hydrogen (secondary N) is 2. The summed E-state index contributed by atoms with van der Waals surface area (Å²) >= 11 is 1.39. The third-order valence-corrected chi connectivity index (χ3v) is 6.18. The summed E-state index contributed by atoms with van der Waals surface area (Å²) in [7, 11) is 0. The van der Waals surface area contributed by atoms with Crippen LogP contribution < -0.4 is 10.6 Å². The summed E-state index contributed by atoms with van der Waals surface area (Å²) in [6, 6.07) is 0.315. The first-order valence-electron chi connectivity index (χ1n) is 9.34. The van der Waals surface area contributed by atoms with Crippen LogP contribution in [0.25, 0.3) is 0 Å². The van der Waals surface area contributed by atoms with Crippen molar-refractivity contribution in [2.75, 3.05) is 0 Å². The van der Waals surface area contributed by atoms with Crippen LogP contribution in [-0.4, -0.2) is 38.0 Å². The van der Waals surface area contributed by atoms with E-state index in [1.165, 1.54) is 24.6 Å². The third-order valence-electron chi connectivity index (χ3n) is 5.12. The Bertz CT molecular complexity index is 662. The second kappa shape index (κ2) is 6.97. The zero-order chi connectivity index (χ0) is 17.4. The summed E-state index contributed by atoms with van der Waals surface area (Å²) in [5.74, 6) is 1.35. The average molecular weight is 363 g/mol. The Labute approximate surface area is 151 Å². The minimum Gasteiger partial charge on any atom is -0.335 e. The molecule has 1 atom stereocenters. The molecule has 0 bridgehead atoms. The lowest BCUT2D eigenvalue weighted by Crippen LogP contribution is -2.45. The molecule has 1 heterocycles. The van der Waals surface area contributed by atoms with E-state index in [-0.39, 0.29) is 23.2 Å². The minimum atomic E-state index is -0.386. The molecule has 8 heteroatoms. The number of amides is 3. The lowest BCUT2D eigenvalue weighted by Gasteiger charge is -2.15. The Balaban J connectivity index is 1.34. The van der Waals surface area contributed by atoms with E-state index in [1.54, 1.807) is 0 Å². The van der Waals surface area contributed by atoms with Gasteiger partial charge in [-0.25, -0.2) is 4.79 Å². The predicted molar refractivity (Wildman–Crippen MR) is 94.5 cm³/mol. The number of aromatic nitrogens is 3. The number of nitrogens with zero attached hydrogens (tertiary/aromatic N) is 3. The molecule has 25 heavy (non-hydrogen) atoms. The van der Waals surface area contributed by atoms with Crippen molar-refractivity contribution in [1.82, 2.24) is 25.4 Å². The SMILES string of the molecule is C[C@H](Sc1nnc(C2CC2)n1C1CC1)C(=O)NC(=O)NC1CCCC1. The summed E-state index contributed by atoms with van der Waals surface area (Å²) < 4.78 is 2.23. The molecule has 2 N–H and O–H groups in total. The van der Waals surface area contributed by atoms with Gasteiger partial charge in [-0.3, -0.25) is 10.1 Å². The van der Waals surface area contributed by atoms with Gasteiger partial charge >= 0.3 is 6.03 Å². The van der Waals surface area contributed by atoms with Crippen LogP contribution >= 0.6 is 11.8 Å². The first-order chi connectivity index (χ1) is 12.1. The molecule has 3 amide bonds. The van der Waals surface area contributed by atoms with Crippen LogP contribution in [0.2, 0.25) is 0 Å². The van der Waals surface area contributed by atoms with Crippen LogP contribution in [-0.2, 0) is 4.79 Å². The Hall–Kier alpha value is -1.57. The predicted octanol–water partition coefficient (Wildman–Crippen LogP) is 2.74. The summed E-state index contributed by atoms with van der Waals surface area (Å²) in [5.41, 5.74) is 0. The van der Waals surface area contributed by atoms with Gasteiger partial charge < -0.3 is 9.88 Å². The lowest BCUT2D eigenvalue weighted by molar-refractivity contribution is -0.119. The highest BCUT2D eigenvalue weighted by atomic mass is 32.2. The van der Waals surface area contributed by atoms with Gasteiger partial charge in [-0.2, -0.15) is 0 Å². The topological polar surface area (TPSA) is 88.9 Å². The number of hydrogen-bond acceptors (Lipinski definition) is 5. The van der Waals surface area contributed by atoms with Crippen molar-refractivity contribution in [2.24, 2.45) is 0 Å². The molecule has 0 radical (unpaired) electrons. The second-order valence-corrected chi connectivity index (χ2v) is 8.73. The van der Waals surface area contributed by atoms with Gasteiger partial charge in [0.15, 0.2) is 5.16 Å². The molecule has 0 saturated heterocycles. The summed E-state index contributed by atoms with van der Waals surface area (Å²) in [6.45, 7) is 1.81. The van der Waals surface area contributed by atoms with Crippen molar-refractivity contribution in [3.05, 3.63) is 5.82 Å². The third kappa shape index (κ3) is 3.99. The molecule has 1 aromatic rings. The largest absolute Gasteiger partial charge is 0.335 e. The molecular weight excluding hydrogens is 338 g/mol. The zero-order valence-corrected chi connectivity index (χ0v) is 15.3. The van der Waals surface area contributed by atoms with Crippen molar-refractivity contribution in [3.8, 4) is 0 Å². The number of rotatable bonds is 6. The molecule has 4 rings (SSSR count). The molecule has 0 aromatic carbocycles. The Morgan fingerprint density at radius 3 is 2.48 bits per heavy atom. The van der Waals surface area contributed by atoms with Gasteiger partial charge in [-0.1, -0.05) is 24.6 Å². The maximum Gasteiger partial charge on any atom is 0.321 e. The summed E-state index contributed by atoms with van der Waals surface area (Å²) in [6.07, 6.45) is 8.99. The van der Waals surface area contributed by atoms with Crippen molar-refractivity contribution in [1.29, 1.82) is 0 Å². The molecule has 7 nitrogen and oxygen atoms in total. The van der Waals surface area contributed by atoms with Gasteiger partial charge in [-0.05, 0) is 45.4 Å². The van der Waals surface area contributed by atoms with E-state index in [2.05, 4.69) is 25.4 Å². The highest BCUT2D eigenvalue weighted by Gasteiger charge is 2.37. The van der Waals surface area contributed by atoms with E-state index < -0.39 is 0 Å². The molecule has 0 unspecified atom stereocenters. The fraction of sp³-hybridized carbons (Fsp3) is 0.765.